The average Bonchev–Trinajstić information content (AvgIpc) is 2.43. The summed E-state index contributed by atoms with van der Waals surface area (Å²) in [5, 5.41) is 6.39. The third-order valence-electron chi connectivity index (χ3n) is 2.60. The predicted octanol–water partition coefficient (Wildman–Crippen LogP) is 3.14. The molecule has 0 spiro atoms. The number of nitrogens with one attached hydrogen (secondary N) is 2. The van der Waals surface area contributed by atoms with Gasteiger partial charge in [-0.05, 0) is 31.0 Å². The highest BCUT2D eigenvalue weighted by Crippen LogP contribution is 2.20. The summed E-state index contributed by atoms with van der Waals surface area (Å²) in [6, 6.07) is 4.77. The molecule has 7 heteroatoms. The molecule has 0 unspecified atom stereocenters. The smallest absolute Gasteiger partial charge is 0.315 e. The number of carbonyl (C=O) groups excluding carboxylic acids is 2. The van der Waals surface area contributed by atoms with Crippen LogP contribution >= 0.6 is 23.2 Å². The maximum absolute atomic E-state index is 11.6. The van der Waals surface area contributed by atoms with Gasteiger partial charge >= 0.3 is 12.0 Å². The van der Waals surface area contributed by atoms with Crippen LogP contribution in [-0.2, 0) is 16.1 Å². The number of amides is 2. The second-order valence-electron chi connectivity index (χ2n) is 4.25. The van der Waals surface area contributed by atoms with Crippen LogP contribution in [0.4, 0.5) is 4.79 Å². The minimum absolute atomic E-state index is 0.257. The number of hydrogen-bond donors (Lipinski definition) is 2. The second-order valence-corrected chi connectivity index (χ2v) is 5.10. The first-order valence-electron chi connectivity index (χ1n) is 6.64. The third-order valence-corrected chi connectivity index (χ3v) is 3.19. The molecule has 0 aliphatic carbocycles. The molecular formula is C14H18Cl2N2O3. The van der Waals surface area contributed by atoms with Gasteiger partial charge in [0.05, 0.1) is 6.61 Å². The number of carbonyl (C=O) groups is 2. The second kappa shape index (κ2) is 9.47. The third kappa shape index (κ3) is 7.20. The Morgan fingerprint density at radius 1 is 1.24 bits per heavy atom. The zero-order chi connectivity index (χ0) is 15.7. The van der Waals surface area contributed by atoms with E-state index in [0.717, 1.165) is 5.56 Å². The molecule has 0 radical (unpaired) electrons. The van der Waals surface area contributed by atoms with Crippen molar-refractivity contribution >= 4 is 35.2 Å². The molecule has 2 amide bonds. The van der Waals surface area contributed by atoms with E-state index in [-0.39, 0.29) is 18.4 Å². The van der Waals surface area contributed by atoms with Crippen LogP contribution in [0.2, 0.25) is 10.0 Å². The van der Waals surface area contributed by atoms with Gasteiger partial charge in [-0.25, -0.2) is 4.79 Å². The summed E-state index contributed by atoms with van der Waals surface area (Å²) >= 11 is 11.8. The molecule has 0 fully saturated rings. The quantitative estimate of drug-likeness (QED) is 0.595. The molecule has 1 aromatic carbocycles. The maximum Gasteiger partial charge on any atom is 0.315 e. The van der Waals surface area contributed by atoms with E-state index < -0.39 is 0 Å². The summed E-state index contributed by atoms with van der Waals surface area (Å²) in [6.45, 7) is 2.83. The lowest BCUT2D eigenvalue weighted by molar-refractivity contribution is -0.143. The summed E-state index contributed by atoms with van der Waals surface area (Å²) in [7, 11) is 0. The van der Waals surface area contributed by atoms with Gasteiger partial charge in [0.2, 0.25) is 0 Å². The first-order chi connectivity index (χ1) is 10.0. The van der Waals surface area contributed by atoms with Crippen molar-refractivity contribution in [1.82, 2.24) is 10.6 Å². The van der Waals surface area contributed by atoms with Gasteiger partial charge in [-0.15, -0.1) is 0 Å². The highest BCUT2D eigenvalue weighted by atomic mass is 35.5. The van der Waals surface area contributed by atoms with Gasteiger partial charge in [0.25, 0.3) is 0 Å². The fraction of sp³-hybridized carbons (Fsp3) is 0.429. The van der Waals surface area contributed by atoms with Crippen LogP contribution in [0, 0.1) is 0 Å². The van der Waals surface area contributed by atoms with Crippen LogP contribution < -0.4 is 10.6 Å². The lowest BCUT2D eigenvalue weighted by Crippen LogP contribution is -2.35. The molecule has 0 saturated carbocycles. The van der Waals surface area contributed by atoms with Crippen LogP contribution in [-0.4, -0.2) is 25.2 Å². The molecule has 0 bridgehead atoms. The van der Waals surface area contributed by atoms with Crippen molar-refractivity contribution in [1.29, 1.82) is 0 Å². The Balaban J connectivity index is 2.21. The standard InChI is InChI=1S/C14H18Cl2N2O3/c1-2-21-13(19)4-3-7-17-14(20)18-9-10-5-6-11(15)8-12(10)16/h5-6,8H,2-4,7,9H2,1H3,(H2,17,18,20). The molecule has 5 nitrogen and oxygen atoms in total. The van der Waals surface area contributed by atoms with Crippen molar-refractivity contribution in [3.05, 3.63) is 33.8 Å². The minimum atomic E-state index is -0.315. The molecule has 0 saturated heterocycles. The Kier molecular flexibility index (Phi) is 7.93. The zero-order valence-corrected chi connectivity index (χ0v) is 13.3. The number of esters is 1. The Morgan fingerprint density at radius 3 is 2.67 bits per heavy atom. The van der Waals surface area contributed by atoms with E-state index >= 15 is 0 Å². The van der Waals surface area contributed by atoms with E-state index in [1.165, 1.54) is 0 Å². The SMILES string of the molecule is CCOC(=O)CCCNC(=O)NCc1ccc(Cl)cc1Cl. The topological polar surface area (TPSA) is 67.4 Å². The molecular weight excluding hydrogens is 315 g/mol. The fourth-order valence-electron chi connectivity index (χ4n) is 1.57. The number of rotatable bonds is 7. The highest BCUT2D eigenvalue weighted by molar-refractivity contribution is 6.35. The molecule has 116 valence electrons. The average molecular weight is 333 g/mol. The number of urea groups is 1. The van der Waals surface area contributed by atoms with E-state index in [0.29, 0.717) is 36.2 Å². The van der Waals surface area contributed by atoms with Gasteiger partial charge < -0.3 is 15.4 Å². The highest BCUT2D eigenvalue weighted by Gasteiger charge is 2.05. The number of ether oxygens (including phenoxy) is 1. The van der Waals surface area contributed by atoms with Crippen LogP contribution in [0.5, 0.6) is 0 Å². The van der Waals surface area contributed by atoms with Crippen molar-refractivity contribution in [3.63, 3.8) is 0 Å². The maximum atomic E-state index is 11.6. The van der Waals surface area contributed by atoms with Crippen molar-refractivity contribution in [2.75, 3.05) is 13.2 Å². The fourth-order valence-corrected chi connectivity index (χ4v) is 2.05. The Morgan fingerprint density at radius 2 is 2.00 bits per heavy atom. The van der Waals surface area contributed by atoms with Gasteiger partial charge in [0, 0.05) is 29.6 Å². The molecule has 2 N–H and O–H groups in total. The normalized spacial score (nSPS) is 10.0. The molecule has 0 aliphatic rings. The molecule has 0 atom stereocenters. The summed E-state index contributed by atoms with van der Waals surface area (Å²) < 4.78 is 4.78. The number of benzene rings is 1. The van der Waals surface area contributed by atoms with Gasteiger partial charge in [0.15, 0.2) is 0 Å². The Labute approximate surface area is 133 Å². The van der Waals surface area contributed by atoms with Crippen molar-refractivity contribution in [2.45, 2.75) is 26.3 Å². The Bertz CT molecular complexity index is 495. The van der Waals surface area contributed by atoms with Crippen LogP contribution in [0.1, 0.15) is 25.3 Å². The predicted molar refractivity (Wildman–Crippen MR) is 82.6 cm³/mol. The van der Waals surface area contributed by atoms with E-state index in [1.807, 2.05) is 0 Å². The molecule has 0 heterocycles. The summed E-state index contributed by atoms with van der Waals surface area (Å²) in [4.78, 5) is 22.6. The first kappa shape index (κ1) is 17.6. The van der Waals surface area contributed by atoms with Crippen molar-refractivity contribution < 1.29 is 14.3 Å². The van der Waals surface area contributed by atoms with E-state index in [4.69, 9.17) is 27.9 Å². The van der Waals surface area contributed by atoms with Crippen LogP contribution in [0.3, 0.4) is 0 Å². The molecule has 1 rings (SSSR count). The van der Waals surface area contributed by atoms with Gasteiger partial charge in [-0.3, -0.25) is 4.79 Å². The van der Waals surface area contributed by atoms with Crippen LogP contribution in [0.15, 0.2) is 18.2 Å². The lowest BCUT2D eigenvalue weighted by atomic mass is 10.2. The van der Waals surface area contributed by atoms with Crippen molar-refractivity contribution in [3.8, 4) is 0 Å². The zero-order valence-electron chi connectivity index (χ0n) is 11.7. The largest absolute Gasteiger partial charge is 0.466 e. The summed E-state index contributed by atoms with van der Waals surface area (Å²) in [6.07, 6.45) is 0.824. The van der Waals surface area contributed by atoms with Gasteiger partial charge in [0.1, 0.15) is 0 Å². The van der Waals surface area contributed by atoms with E-state index in [9.17, 15) is 9.59 Å². The molecule has 0 aromatic heterocycles. The number of hydrogen-bond acceptors (Lipinski definition) is 3. The molecule has 1 aromatic rings. The molecule has 21 heavy (non-hydrogen) atoms. The van der Waals surface area contributed by atoms with E-state index in [1.54, 1.807) is 25.1 Å². The minimum Gasteiger partial charge on any atom is -0.466 e. The molecule has 0 aliphatic heterocycles. The Hall–Kier alpha value is -1.46. The number of halogens is 2. The van der Waals surface area contributed by atoms with Gasteiger partial charge in [-0.2, -0.15) is 0 Å². The van der Waals surface area contributed by atoms with Crippen LogP contribution in [0.25, 0.3) is 0 Å². The van der Waals surface area contributed by atoms with Gasteiger partial charge in [-0.1, -0.05) is 29.3 Å². The monoisotopic (exact) mass is 332 g/mol. The lowest BCUT2D eigenvalue weighted by Gasteiger charge is -2.09. The first-order valence-corrected chi connectivity index (χ1v) is 7.39. The summed E-state index contributed by atoms with van der Waals surface area (Å²) in [5.74, 6) is -0.257. The summed E-state index contributed by atoms with van der Waals surface area (Å²) in [5.41, 5.74) is 0.780. The van der Waals surface area contributed by atoms with Crippen molar-refractivity contribution in [2.24, 2.45) is 0 Å². The van der Waals surface area contributed by atoms with E-state index in [2.05, 4.69) is 10.6 Å².